The largest absolute Gasteiger partial charge is 0.481 e. The number of likely N-dealkylation sites (tertiary alicyclic amines) is 1. The number of aromatic nitrogens is 1. The van der Waals surface area contributed by atoms with Crippen LogP contribution in [0.4, 0.5) is 0 Å². The SMILES string of the molecule is COc1nc2c(cc1CNC(=O)[C@@H]1CCN(C)C1)C(=O)N(C1CCCC1)C2. The van der Waals surface area contributed by atoms with Gasteiger partial charge in [-0.3, -0.25) is 9.59 Å². The number of hydrogen-bond acceptors (Lipinski definition) is 5. The van der Waals surface area contributed by atoms with Gasteiger partial charge in [0.1, 0.15) is 0 Å². The van der Waals surface area contributed by atoms with E-state index in [1.54, 1.807) is 7.11 Å². The standard InChI is InChI=1S/C20H28N4O3/c1-23-8-7-13(11-23)18(25)21-10-14-9-16-17(22-19(14)27-2)12-24(20(16)26)15-5-3-4-6-15/h9,13,15H,3-8,10-12H2,1-2H3,(H,21,25)/t13-/m1/s1. The average Bonchev–Trinajstić information content (AvgIpc) is 3.40. The third-order valence-electron chi connectivity index (χ3n) is 6.13. The summed E-state index contributed by atoms with van der Waals surface area (Å²) >= 11 is 0. The molecule has 3 aliphatic rings. The number of pyridine rings is 1. The summed E-state index contributed by atoms with van der Waals surface area (Å²) in [4.78, 5) is 34.0. The summed E-state index contributed by atoms with van der Waals surface area (Å²) in [6.45, 7) is 2.64. The molecule has 0 aromatic carbocycles. The van der Waals surface area contributed by atoms with Crippen LogP contribution in [0, 0.1) is 5.92 Å². The first-order chi connectivity index (χ1) is 13.1. The smallest absolute Gasteiger partial charge is 0.256 e. The first-order valence-corrected chi connectivity index (χ1v) is 9.91. The van der Waals surface area contributed by atoms with Crippen LogP contribution in [-0.2, 0) is 17.9 Å². The molecule has 27 heavy (non-hydrogen) atoms. The summed E-state index contributed by atoms with van der Waals surface area (Å²) in [6, 6.07) is 2.19. The van der Waals surface area contributed by atoms with E-state index in [-0.39, 0.29) is 17.7 Å². The number of nitrogens with one attached hydrogen (secondary N) is 1. The zero-order valence-corrected chi connectivity index (χ0v) is 16.2. The normalized spacial score (nSPS) is 23.1. The second kappa shape index (κ2) is 7.46. The monoisotopic (exact) mass is 372 g/mol. The van der Waals surface area contributed by atoms with Crippen LogP contribution in [0.2, 0.25) is 0 Å². The van der Waals surface area contributed by atoms with Crippen LogP contribution in [0.15, 0.2) is 6.07 Å². The number of carbonyl (C=O) groups is 2. The second-order valence-corrected chi connectivity index (χ2v) is 7.99. The van der Waals surface area contributed by atoms with Crippen molar-refractivity contribution in [2.24, 2.45) is 5.92 Å². The summed E-state index contributed by atoms with van der Waals surface area (Å²) in [6.07, 6.45) is 5.42. The molecule has 7 heteroatoms. The van der Waals surface area contributed by atoms with Gasteiger partial charge in [0, 0.05) is 24.7 Å². The van der Waals surface area contributed by atoms with E-state index >= 15 is 0 Å². The van der Waals surface area contributed by atoms with Gasteiger partial charge < -0.3 is 19.9 Å². The van der Waals surface area contributed by atoms with Crippen molar-refractivity contribution in [1.29, 1.82) is 0 Å². The molecule has 1 aromatic rings. The van der Waals surface area contributed by atoms with Crippen molar-refractivity contribution < 1.29 is 14.3 Å². The Morgan fingerprint density at radius 1 is 1.33 bits per heavy atom. The second-order valence-electron chi connectivity index (χ2n) is 7.99. The molecule has 0 bridgehead atoms. The van der Waals surface area contributed by atoms with E-state index in [4.69, 9.17) is 4.74 Å². The van der Waals surface area contributed by atoms with Crippen LogP contribution >= 0.6 is 0 Å². The Bertz CT molecular complexity index is 745. The van der Waals surface area contributed by atoms with Crippen molar-refractivity contribution in [3.05, 3.63) is 22.9 Å². The predicted molar refractivity (Wildman–Crippen MR) is 100 cm³/mol. The Balaban J connectivity index is 1.48. The molecular weight excluding hydrogens is 344 g/mol. The van der Waals surface area contributed by atoms with Crippen LogP contribution in [0.5, 0.6) is 5.88 Å². The topological polar surface area (TPSA) is 74.8 Å². The van der Waals surface area contributed by atoms with E-state index in [9.17, 15) is 9.59 Å². The highest BCUT2D eigenvalue weighted by Crippen LogP contribution is 2.33. The molecule has 1 N–H and O–H groups in total. The van der Waals surface area contributed by atoms with Crippen LogP contribution < -0.4 is 10.1 Å². The van der Waals surface area contributed by atoms with Crippen LogP contribution in [-0.4, -0.2) is 59.9 Å². The molecule has 3 heterocycles. The fourth-order valence-electron chi connectivity index (χ4n) is 4.56. The van der Waals surface area contributed by atoms with Gasteiger partial charge in [0.25, 0.3) is 5.91 Å². The molecule has 4 rings (SSSR count). The van der Waals surface area contributed by atoms with Crippen LogP contribution in [0.3, 0.4) is 0 Å². The molecule has 1 saturated carbocycles. The third-order valence-corrected chi connectivity index (χ3v) is 6.13. The lowest BCUT2D eigenvalue weighted by Gasteiger charge is -2.22. The van der Waals surface area contributed by atoms with E-state index < -0.39 is 0 Å². The molecule has 0 radical (unpaired) electrons. The number of methoxy groups -OCH3 is 1. The molecule has 1 aliphatic carbocycles. The molecule has 2 aliphatic heterocycles. The van der Waals surface area contributed by atoms with Gasteiger partial charge in [0.05, 0.1) is 30.8 Å². The zero-order valence-electron chi connectivity index (χ0n) is 16.2. The number of hydrogen-bond donors (Lipinski definition) is 1. The van der Waals surface area contributed by atoms with Crippen LogP contribution in [0.25, 0.3) is 0 Å². The number of fused-ring (bicyclic) bond motifs is 1. The summed E-state index contributed by atoms with van der Waals surface area (Å²) in [5.74, 6) is 0.652. The fraction of sp³-hybridized carbons (Fsp3) is 0.650. The maximum Gasteiger partial charge on any atom is 0.256 e. The number of rotatable bonds is 5. The Hall–Kier alpha value is -2.15. The zero-order chi connectivity index (χ0) is 19.0. The maximum atomic E-state index is 12.9. The maximum absolute atomic E-state index is 12.9. The van der Waals surface area contributed by atoms with Gasteiger partial charge in [0.15, 0.2) is 0 Å². The summed E-state index contributed by atoms with van der Waals surface area (Å²) < 4.78 is 5.44. The van der Waals surface area contributed by atoms with Gasteiger partial charge in [-0.2, -0.15) is 0 Å². The van der Waals surface area contributed by atoms with Gasteiger partial charge in [-0.1, -0.05) is 12.8 Å². The summed E-state index contributed by atoms with van der Waals surface area (Å²) in [5.41, 5.74) is 2.21. The quantitative estimate of drug-likeness (QED) is 0.849. The highest BCUT2D eigenvalue weighted by molar-refractivity contribution is 5.98. The fourth-order valence-corrected chi connectivity index (χ4v) is 4.56. The number of amides is 2. The van der Waals surface area contributed by atoms with Crippen molar-refractivity contribution in [3.8, 4) is 5.88 Å². The lowest BCUT2D eigenvalue weighted by atomic mass is 10.1. The molecular formula is C20H28N4O3. The molecule has 1 saturated heterocycles. The molecule has 2 fully saturated rings. The van der Waals surface area contributed by atoms with Crippen LogP contribution in [0.1, 0.15) is 53.7 Å². The molecule has 1 atom stereocenters. The molecule has 146 valence electrons. The minimum Gasteiger partial charge on any atom is -0.481 e. The Morgan fingerprint density at radius 3 is 2.78 bits per heavy atom. The summed E-state index contributed by atoms with van der Waals surface area (Å²) in [7, 11) is 3.61. The predicted octanol–water partition coefficient (Wildman–Crippen LogP) is 1.56. The third kappa shape index (κ3) is 3.52. The first-order valence-electron chi connectivity index (χ1n) is 9.91. The highest BCUT2D eigenvalue weighted by Gasteiger charge is 2.36. The van der Waals surface area contributed by atoms with Gasteiger partial charge >= 0.3 is 0 Å². The van der Waals surface area contributed by atoms with E-state index in [2.05, 4.69) is 15.2 Å². The van der Waals surface area contributed by atoms with Crippen molar-refractivity contribution in [3.63, 3.8) is 0 Å². The number of nitrogens with zero attached hydrogens (tertiary/aromatic N) is 3. The van der Waals surface area contributed by atoms with Crippen molar-refractivity contribution in [2.45, 2.75) is 51.2 Å². The molecule has 7 nitrogen and oxygen atoms in total. The van der Waals surface area contributed by atoms with Gasteiger partial charge in [-0.25, -0.2) is 4.98 Å². The minimum atomic E-state index is 0.0304. The van der Waals surface area contributed by atoms with Gasteiger partial charge in [-0.05, 0) is 38.9 Å². The molecule has 0 spiro atoms. The van der Waals surface area contributed by atoms with Gasteiger partial charge in [-0.15, -0.1) is 0 Å². The Kier molecular flexibility index (Phi) is 5.04. The Labute approximate surface area is 160 Å². The van der Waals surface area contributed by atoms with Gasteiger partial charge in [0.2, 0.25) is 11.8 Å². The van der Waals surface area contributed by atoms with Crippen molar-refractivity contribution in [2.75, 3.05) is 27.2 Å². The van der Waals surface area contributed by atoms with E-state index in [0.29, 0.717) is 30.6 Å². The minimum absolute atomic E-state index is 0.0304. The lowest BCUT2D eigenvalue weighted by molar-refractivity contribution is -0.124. The lowest BCUT2D eigenvalue weighted by Crippen LogP contribution is -2.33. The summed E-state index contributed by atoms with van der Waals surface area (Å²) in [5, 5.41) is 3.00. The first kappa shape index (κ1) is 18.2. The van der Waals surface area contributed by atoms with E-state index in [0.717, 1.165) is 43.6 Å². The number of ether oxygens (including phenoxy) is 1. The average molecular weight is 372 g/mol. The van der Waals surface area contributed by atoms with Crippen molar-refractivity contribution >= 4 is 11.8 Å². The number of carbonyl (C=O) groups excluding carboxylic acids is 2. The highest BCUT2D eigenvalue weighted by atomic mass is 16.5. The van der Waals surface area contributed by atoms with Crippen molar-refractivity contribution in [1.82, 2.24) is 20.1 Å². The Morgan fingerprint density at radius 2 is 2.11 bits per heavy atom. The molecule has 1 aromatic heterocycles. The van der Waals surface area contributed by atoms with E-state index in [1.807, 2.05) is 18.0 Å². The molecule has 2 amide bonds. The molecule has 0 unspecified atom stereocenters. The van der Waals surface area contributed by atoms with E-state index in [1.165, 1.54) is 12.8 Å².